The highest BCUT2D eigenvalue weighted by molar-refractivity contribution is 9.10. The summed E-state index contributed by atoms with van der Waals surface area (Å²) < 4.78 is 15.6. The highest BCUT2D eigenvalue weighted by Gasteiger charge is 2.30. The monoisotopic (exact) mass is 396 g/mol. The van der Waals surface area contributed by atoms with Crippen LogP contribution in [0.25, 0.3) is 0 Å². The van der Waals surface area contributed by atoms with Gasteiger partial charge in [-0.3, -0.25) is 0 Å². The maximum atomic E-state index is 14.0. The Morgan fingerprint density at radius 1 is 1.20 bits per heavy atom. The Morgan fingerprint density at radius 3 is 2.55 bits per heavy atom. The van der Waals surface area contributed by atoms with Gasteiger partial charge in [0.05, 0.1) is 6.07 Å². The first-order valence-electron chi connectivity index (χ1n) is 5.86. The van der Waals surface area contributed by atoms with Gasteiger partial charge in [-0.1, -0.05) is 28.1 Å². The van der Waals surface area contributed by atoms with Crippen molar-refractivity contribution >= 4 is 37.5 Å². The first kappa shape index (κ1) is 15.0. The number of rotatable bonds is 3. The average molecular weight is 398 g/mol. The zero-order chi connectivity index (χ0) is 14.8. The first-order chi connectivity index (χ1) is 9.46. The van der Waals surface area contributed by atoms with Gasteiger partial charge < -0.3 is 5.32 Å². The molecule has 0 radical (unpaired) electrons. The molecule has 0 saturated carbocycles. The minimum Gasteiger partial charge on any atom is -0.363 e. The van der Waals surface area contributed by atoms with Crippen LogP contribution < -0.4 is 5.32 Å². The van der Waals surface area contributed by atoms with E-state index < -0.39 is 11.4 Å². The molecule has 2 nitrogen and oxygen atoms in total. The number of hydrogen-bond acceptors (Lipinski definition) is 2. The molecule has 102 valence electrons. The molecule has 1 unspecified atom stereocenters. The van der Waals surface area contributed by atoms with Crippen LogP contribution in [0.1, 0.15) is 12.5 Å². The van der Waals surface area contributed by atoms with Crippen molar-refractivity contribution in [2.75, 3.05) is 5.32 Å². The second-order valence-corrected chi connectivity index (χ2v) is 6.24. The van der Waals surface area contributed by atoms with Crippen LogP contribution in [0.15, 0.2) is 51.4 Å². The van der Waals surface area contributed by atoms with Gasteiger partial charge in [-0.05, 0) is 53.2 Å². The fourth-order valence-corrected chi connectivity index (χ4v) is 2.61. The molecule has 0 fully saturated rings. The van der Waals surface area contributed by atoms with Crippen LogP contribution in [0.2, 0.25) is 0 Å². The number of halogens is 3. The van der Waals surface area contributed by atoms with Gasteiger partial charge >= 0.3 is 0 Å². The van der Waals surface area contributed by atoms with Crippen molar-refractivity contribution in [3.8, 4) is 6.07 Å². The summed E-state index contributed by atoms with van der Waals surface area (Å²) in [4.78, 5) is 0. The summed E-state index contributed by atoms with van der Waals surface area (Å²) in [6.45, 7) is 1.65. The van der Waals surface area contributed by atoms with Crippen molar-refractivity contribution in [2.24, 2.45) is 0 Å². The Balaban J connectivity index is 2.47. The van der Waals surface area contributed by atoms with Crippen LogP contribution in [0.4, 0.5) is 10.1 Å². The van der Waals surface area contributed by atoms with E-state index in [4.69, 9.17) is 0 Å². The molecule has 0 bridgehead atoms. The molecule has 0 aromatic heterocycles. The third kappa shape index (κ3) is 3.02. The first-order valence-corrected chi connectivity index (χ1v) is 7.44. The number of benzene rings is 2. The third-order valence-corrected chi connectivity index (χ3v) is 4.13. The number of nitrogens with zero attached hydrogens (tertiary/aromatic N) is 1. The molecule has 5 heteroatoms. The molecule has 0 spiro atoms. The number of nitriles is 1. The minimum absolute atomic E-state index is 0.296. The molecule has 0 heterocycles. The fourth-order valence-electron chi connectivity index (χ4n) is 1.87. The molecule has 0 aliphatic heterocycles. The van der Waals surface area contributed by atoms with E-state index in [0.717, 1.165) is 14.6 Å². The molecule has 0 aliphatic rings. The number of hydrogen-bond donors (Lipinski definition) is 1. The largest absolute Gasteiger partial charge is 0.363 e. The van der Waals surface area contributed by atoms with E-state index in [1.165, 1.54) is 6.07 Å². The molecule has 2 aromatic rings. The highest BCUT2D eigenvalue weighted by Crippen LogP contribution is 2.32. The summed E-state index contributed by atoms with van der Waals surface area (Å²) in [6.07, 6.45) is 0. The second-order valence-electron chi connectivity index (χ2n) is 4.47. The van der Waals surface area contributed by atoms with E-state index >= 15 is 0 Å². The molecule has 0 aliphatic carbocycles. The lowest BCUT2D eigenvalue weighted by atomic mass is 9.92. The van der Waals surface area contributed by atoms with Crippen LogP contribution in [0.5, 0.6) is 0 Å². The molecule has 1 N–H and O–H groups in total. The van der Waals surface area contributed by atoms with E-state index in [9.17, 15) is 9.65 Å². The second kappa shape index (κ2) is 5.94. The van der Waals surface area contributed by atoms with Gasteiger partial charge in [0.2, 0.25) is 0 Å². The van der Waals surface area contributed by atoms with Crippen LogP contribution in [0.3, 0.4) is 0 Å². The van der Waals surface area contributed by atoms with Gasteiger partial charge in [-0.25, -0.2) is 4.39 Å². The lowest BCUT2D eigenvalue weighted by Crippen LogP contribution is -2.31. The predicted molar refractivity (Wildman–Crippen MR) is 84.8 cm³/mol. The molecular weight excluding hydrogens is 387 g/mol. The van der Waals surface area contributed by atoms with Crippen molar-refractivity contribution in [3.05, 3.63) is 62.8 Å². The van der Waals surface area contributed by atoms with E-state index in [1.807, 2.05) is 24.3 Å². The van der Waals surface area contributed by atoms with Crippen molar-refractivity contribution in [1.29, 1.82) is 5.26 Å². The Kier molecular flexibility index (Phi) is 4.46. The number of anilines is 1. The zero-order valence-corrected chi connectivity index (χ0v) is 13.8. The third-order valence-electron chi connectivity index (χ3n) is 2.95. The van der Waals surface area contributed by atoms with Gasteiger partial charge in [0.1, 0.15) is 5.82 Å². The van der Waals surface area contributed by atoms with E-state index in [0.29, 0.717) is 5.56 Å². The van der Waals surface area contributed by atoms with E-state index in [1.54, 1.807) is 19.1 Å². The maximum Gasteiger partial charge on any atom is 0.151 e. The Labute approximate surface area is 133 Å². The summed E-state index contributed by atoms with van der Waals surface area (Å²) in [5.74, 6) is -0.420. The van der Waals surface area contributed by atoms with Gasteiger partial charge in [0, 0.05) is 20.2 Å². The van der Waals surface area contributed by atoms with E-state index in [-0.39, 0.29) is 0 Å². The number of nitrogens with one attached hydrogen (secondary N) is 1. The van der Waals surface area contributed by atoms with Crippen molar-refractivity contribution < 1.29 is 4.39 Å². The summed E-state index contributed by atoms with van der Waals surface area (Å²) in [5.41, 5.74) is -0.140. The Morgan fingerprint density at radius 2 is 1.90 bits per heavy atom. The lowest BCUT2D eigenvalue weighted by molar-refractivity contribution is 0.570. The van der Waals surface area contributed by atoms with Crippen molar-refractivity contribution in [1.82, 2.24) is 0 Å². The average Bonchev–Trinajstić information content (AvgIpc) is 2.44. The summed E-state index contributed by atoms with van der Waals surface area (Å²) in [7, 11) is 0. The molecule has 1 atom stereocenters. The van der Waals surface area contributed by atoms with Gasteiger partial charge in [0.15, 0.2) is 5.54 Å². The van der Waals surface area contributed by atoms with Crippen molar-refractivity contribution in [2.45, 2.75) is 12.5 Å². The topological polar surface area (TPSA) is 35.8 Å². The van der Waals surface area contributed by atoms with Crippen LogP contribution >= 0.6 is 31.9 Å². The number of para-hydroxylation sites is 1. The zero-order valence-electron chi connectivity index (χ0n) is 10.6. The van der Waals surface area contributed by atoms with Gasteiger partial charge in [-0.2, -0.15) is 5.26 Å². The molecular formula is C15H11Br2FN2. The summed E-state index contributed by atoms with van der Waals surface area (Å²) >= 11 is 6.71. The quantitative estimate of drug-likeness (QED) is 0.772. The SMILES string of the molecule is CC(C#N)(Nc1ccccc1Br)c1cc(Br)ccc1F. The lowest BCUT2D eigenvalue weighted by Gasteiger charge is -2.26. The smallest absolute Gasteiger partial charge is 0.151 e. The van der Waals surface area contributed by atoms with Gasteiger partial charge in [-0.15, -0.1) is 0 Å². The standard InChI is InChI=1S/C15H11Br2FN2/c1-15(9-19,11-8-10(16)6-7-13(11)18)20-14-5-3-2-4-12(14)17/h2-8,20H,1H3. The molecule has 0 saturated heterocycles. The normalized spacial score (nSPS) is 13.3. The Bertz CT molecular complexity index is 682. The fraction of sp³-hybridized carbons (Fsp3) is 0.133. The summed E-state index contributed by atoms with van der Waals surface area (Å²) in [6, 6.07) is 14.1. The highest BCUT2D eigenvalue weighted by atomic mass is 79.9. The van der Waals surface area contributed by atoms with Crippen LogP contribution in [0, 0.1) is 17.1 Å². The molecule has 2 aromatic carbocycles. The Hall–Kier alpha value is -1.38. The maximum absolute atomic E-state index is 14.0. The molecule has 20 heavy (non-hydrogen) atoms. The van der Waals surface area contributed by atoms with E-state index in [2.05, 4.69) is 43.2 Å². The van der Waals surface area contributed by atoms with Crippen LogP contribution in [-0.2, 0) is 5.54 Å². The van der Waals surface area contributed by atoms with Gasteiger partial charge in [0.25, 0.3) is 0 Å². The predicted octanol–water partition coefficient (Wildman–Crippen LogP) is 5.20. The van der Waals surface area contributed by atoms with Crippen LogP contribution in [-0.4, -0.2) is 0 Å². The molecule has 0 amide bonds. The minimum atomic E-state index is -1.17. The summed E-state index contributed by atoms with van der Waals surface area (Å²) in [5, 5.41) is 12.6. The molecule has 2 rings (SSSR count). The van der Waals surface area contributed by atoms with Crippen molar-refractivity contribution in [3.63, 3.8) is 0 Å².